The zero-order valence-electron chi connectivity index (χ0n) is 10.8. The number of sulfonamides is 1. The molecule has 0 aromatic heterocycles. The van der Waals surface area contributed by atoms with Crippen LogP contribution in [0.25, 0.3) is 0 Å². The molecule has 0 aliphatic rings. The molecular formula is C12H14N4O3S. The highest BCUT2D eigenvalue weighted by Crippen LogP contribution is 2.13. The molecule has 0 atom stereocenters. The Bertz CT molecular complexity index is 657. The quantitative estimate of drug-likeness (QED) is 0.531. The van der Waals surface area contributed by atoms with Gasteiger partial charge in [0.05, 0.1) is 4.90 Å². The summed E-state index contributed by atoms with van der Waals surface area (Å²) in [5.74, 6) is -0.586. The Morgan fingerprint density at radius 3 is 2.45 bits per heavy atom. The lowest BCUT2D eigenvalue weighted by Crippen LogP contribution is -2.17. The normalized spacial score (nSPS) is 11.6. The standard InChI is InChI=1S/C12H14N4O3S/c1-2-15-8-9(7-13)12(17)16-10-3-5-11(6-4-10)20(14,18)19/h3-6,8,15H,2H2,1H3,(H,16,17)(H2,14,18,19)/b9-8-. The van der Waals surface area contributed by atoms with E-state index in [1.807, 2.05) is 6.92 Å². The van der Waals surface area contributed by atoms with Crippen LogP contribution in [0.1, 0.15) is 6.92 Å². The van der Waals surface area contributed by atoms with Gasteiger partial charge in [-0.1, -0.05) is 0 Å². The van der Waals surface area contributed by atoms with Crippen LogP contribution >= 0.6 is 0 Å². The summed E-state index contributed by atoms with van der Waals surface area (Å²) in [6.07, 6.45) is 1.31. The number of nitrogens with one attached hydrogen (secondary N) is 2. The summed E-state index contributed by atoms with van der Waals surface area (Å²) in [7, 11) is -3.77. The first kappa shape index (κ1) is 15.7. The number of primary sulfonamides is 1. The first-order valence-corrected chi connectivity index (χ1v) is 7.21. The van der Waals surface area contributed by atoms with Gasteiger partial charge in [-0.25, -0.2) is 13.6 Å². The van der Waals surface area contributed by atoms with Crippen LogP contribution in [0.15, 0.2) is 40.9 Å². The molecule has 0 unspecified atom stereocenters. The van der Waals surface area contributed by atoms with E-state index in [2.05, 4.69) is 10.6 Å². The molecule has 0 heterocycles. The molecule has 0 saturated carbocycles. The second-order valence-electron chi connectivity index (χ2n) is 3.75. The molecule has 0 saturated heterocycles. The zero-order chi connectivity index (χ0) is 15.2. The number of hydrogen-bond donors (Lipinski definition) is 3. The lowest BCUT2D eigenvalue weighted by molar-refractivity contribution is -0.112. The van der Waals surface area contributed by atoms with E-state index in [0.29, 0.717) is 12.2 Å². The van der Waals surface area contributed by atoms with Gasteiger partial charge >= 0.3 is 0 Å². The number of anilines is 1. The van der Waals surface area contributed by atoms with E-state index >= 15 is 0 Å². The van der Waals surface area contributed by atoms with Crippen molar-refractivity contribution in [1.29, 1.82) is 5.26 Å². The Labute approximate surface area is 117 Å². The number of carbonyl (C=O) groups excluding carboxylic acids is 1. The second kappa shape index (κ2) is 6.70. The maximum atomic E-state index is 11.7. The van der Waals surface area contributed by atoms with E-state index in [4.69, 9.17) is 10.4 Å². The maximum Gasteiger partial charge on any atom is 0.267 e. The smallest absolute Gasteiger partial charge is 0.267 e. The van der Waals surface area contributed by atoms with Crippen molar-refractivity contribution in [2.45, 2.75) is 11.8 Å². The molecule has 8 heteroatoms. The highest BCUT2D eigenvalue weighted by Gasteiger charge is 2.10. The van der Waals surface area contributed by atoms with Crippen molar-refractivity contribution in [2.75, 3.05) is 11.9 Å². The summed E-state index contributed by atoms with van der Waals surface area (Å²) in [6.45, 7) is 2.41. The Morgan fingerprint density at radius 1 is 1.40 bits per heavy atom. The molecule has 0 aliphatic carbocycles. The third-order valence-corrected chi connectivity index (χ3v) is 3.19. The fraction of sp³-hybridized carbons (Fsp3) is 0.167. The molecule has 1 amide bonds. The van der Waals surface area contributed by atoms with Gasteiger partial charge in [-0.2, -0.15) is 5.26 Å². The highest BCUT2D eigenvalue weighted by molar-refractivity contribution is 7.89. The summed E-state index contributed by atoms with van der Waals surface area (Å²) in [5.41, 5.74) is 0.280. The van der Waals surface area contributed by atoms with Gasteiger partial charge in [0.25, 0.3) is 5.91 Å². The lowest BCUT2D eigenvalue weighted by Gasteiger charge is -2.05. The monoisotopic (exact) mass is 294 g/mol. The van der Waals surface area contributed by atoms with E-state index in [1.165, 1.54) is 30.5 Å². The predicted molar refractivity (Wildman–Crippen MR) is 73.8 cm³/mol. The molecule has 0 bridgehead atoms. The summed E-state index contributed by atoms with van der Waals surface area (Å²) >= 11 is 0. The summed E-state index contributed by atoms with van der Waals surface area (Å²) in [6, 6.07) is 7.08. The predicted octanol–water partition coefficient (Wildman–Crippen LogP) is 0.289. The fourth-order valence-electron chi connectivity index (χ4n) is 1.28. The number of benzene rings is 1. The van der Waals surface area contributed by atoms with E-state index < -0.39 is 15.9 Å². The average molecular weight is 294 g/mol. The van der Waals surface area contributed by atoms with Gasteiger partial charge in [-0.15, -0.1) is 0 Å². The van der Waals surface area contributed by atoms with Crippen molar-refractivity contribution in [1.82, 2.24) is 5.32 Å². The number of nitriles is 1. The van der Waals surface area contributed by atoms with E-state index in [0.717, 1.165) is 0 Å². The molecule has 7 nitrogen and oxygen atoms in total. The lowest BCUT2D eigenvalue weighted by atomic mass is 10.2. The second-order valence-corrected chi connectivity index (χ2v) is 5.31. The van der Waals surface area contributed by atoms with E-state index in [-0.39, 0.29) is 10.5 Å². The van der Waals surface area contributed by atoms with Crippen LogP contribution in [0.2, 0.25) is 0 Å². The van der Waals surface area contributed by atoms with Gasteiger partial charge in [0.15, 0.2) is 0 Å². The Morgan fingerprint density at radius 2 is 2.00 bits per heavy atom. The van der Waals surface area contributed by atoms with Gasteiger partial charge in [-0.3, -0.25) is 4.79 Å². The number of amides is 1. The van der Waals surface area contributed by atoms with Gasteiger partial charge in [0, 0.05) is 18.4 Å². The Balaban J connectivity index is 2.84. The number of carbonyl (C=O) groups is 1. The van der Waals surface area contributed by atoms with Crippen molar-refractivity contribution < 1.29 is 13.2 Å². The van der Waals surface area contributed by atoms with Crippen molar-refractivity contribution in [3.8, 4) is 6.07 Å². The first-order chi connectivity index (χ1) is 9.38. The van der Waals surface area contributed by atoms with Crippen molar-refractivity contribution in [3.05, 3.63) is 36.0 Å². The van der Waals surface area contributed by atoms with Crippen LogP contribution in [0.4, 0.5) is 5.69 Å². The highest BCUT2D eigenvalue weighted by atomic mass is 32.2. The molecular weight excluding hydrogens is 280 g/mol. The van der Waals surface area contributed by atoms with Crippen molar-refractivity contribution >= 4 is 21.6 Å². The molecule has 106 valence electrons. The molecule has 1 rings (SSSR count). The van der Waals surface area contributed by atoms with Crippen LogP contribution in [0, 0.1) is 11.3 Å². The summed E-state index contributed by atoms with van der Waals surface area (Å²) in [5, 5.41) is 19.0. The molecule has 4 N–H and O–H groups in total. The van der Waals surface area contributed by atoms with Crippen molar-refractivity contribution in [3.63, 3.8) is 0 Å². The molecule has 0 aliphatic heterocycles. The molecule has 20 heavy (non-hydrogen) atoms. The summed E-state index contributed by atoms with van der Waals surface area (Å²) < 4.78 is 22.1. The maximum absolute atomic E-state index is 11.7. The Hall–Kier alpha value is -2.37. The number of rotatable bonds is 5. The van der Waals surface area contributed by atoms with Crippen molar-refractivity contribution in [2.24, 2.45) is 5.14 Å². The van der Waals surface area contributed by atoms with Gasteiger partial charge in [0.2, 0.25) is 10.0 Å². The third-order valence-electron chi connectivity index (χ3n) is 2.26. The van der Waals surface area contributed by atoms with Crippen LogP contribution in [-0.4, -0.2) is 20.9 Å². The number of nitrogens with two attached hydrogens (primary N) is 1. The van der Waals surface area contributed by atoms with Gasteiger partial charge in [0.1, 0.15) is 11.6 Å². The van der Waals surface area contributed by atoms with Gasteiger partial charge in [-0.05, 0) is 31.2 Å². The first-order valence-electron chi connectivity index (χ1n) is 5.66. The van der Waals surface area contributed by atoms with E-state index in [9.17, 15) is 13.2 Å². The average Bonchev–Trinajstić information content (AvgIpc) is 2.39. The molecule has 0 spiro atoms. The third kappa shape index (κ3) is 4.38. The minimum atomic E-state index is -3.77. The zero-order valence-corrected chi connectivity index (χ0v) is 11.6. The number of nitrogens with zero attached hydrogens (tertiary/aromatic N) is 1. The molecule has 1 aromatic carbocycles. The van der Waals surface area contributed by atoms with Gasteiger partial charge < -0.3 is 10.6 Å². The van der Waals surface area contributed by atoms with Crippen LogP contribution in [0.5, 0.6) is 0 Å². The van der Waals surface area contributed by atoms with E-state index in [1.54, 1.807) is 6.07 Å². The molecule has 1 aromatic rings. The molecule has 0 fully saturated rings. The minimum Gasteiger partial charge on any atom is -0.390 e. The largest absolute Gasteiger partial charge is 0.390 e. The van der Waals surface area contributed by atoms with Crippen LogP contribution < -0.4 is 15.8 Å². The number of hydrogen-bond acceptors (Lipinski definition) is 5. The Kier molecular flexibility index (Phi) is 5.25. The van der Waals surface area contributed by atoms with Crippen LogP contribution in [0.3, 0.4) is 0 Å². The fourth-order valence-corrected chi connectivity index (χ4v) is 1.79. The molecule has 0 radical (unpaired) electrons. The van der Waals surface area contributed by atoms with Crippen LogP contribution in [-0.2, 0) is 14.8 Å². The summed E-state index contributed by atoms with van der Waals surface area (Å²) in [4.78, 5) is 11.7. The minimum absolute atomic E-state index is 0.0563. The topological polar surface area (TPSA) is 125 Å². The SMILES string of the molecule is CCN/C=C(/C#N)C(=O)Nc1ccc(S(N)(=O)=O)cc1.